The van der Waals surface area contributed by atoms with Crippen LogP contribution in [-0.2, 0) is 11.2 Å². The predicted octanol–water partition coefficient (Wildman–Crippen LogP) is 2.15. The average molecular weight is 251 g/mol. The van der Waals surface area contributed by atoms with E-state index in [0.717, 1.165) is 11.3 Å². The molecule has 0 bridgehead atoms. The molecule has 1 rings (SSSR count). The molecule has 1 atom stereocenters. The first-order valence-electron chi connectivity index (χ1n) is 3.76. The number of halogens is 1. The first-order valence-corrected chi connectivity index (χ1v) is 6.28. The maximum atomic E-state index is 11.5. The fourth-order valence-corrected chi connectivity index (χ4v) is 3.67. The molecule has 0 fully saturated rings. The highest BCUT2D eigenvalue weighted by atomic mass is 35.5. The zero-order chi connectivity index (χ0) is 10.7. The Bertz CT molecular complexity index is 362. The van der Waals surface area contributed by atoms with Crippen LogP contribution in [0, 0.1) is 0 Å². The van der Waals surface area contributed by atoms with Gasteiger partial charge in [-0.2, -0.15) is 0 Å². The van der Waals surface area contributed by atoms with Crippen LogP contribution in [0.4, 0.5) is 0 Å². The van der Waals surface area contributed by atoms with Crippen molar-refractivity contribution in [3.63, 3.8) is 0 Å². The van der Waals surface area contributed by atoms with E-state index in [4.69, 9.17) is 11.6 Å². The molecule has 0 aliphatic carbocycles. The lowest BCUT2D eigenvalue weighted by Gasteiger charge is -2.04. The van der Waals surface area contributed by atoms with Gasteiger partial charge in [0.2, 0.25) is 4.21 Å². The van der Waals surface area contributed by atoms with E-state index in [1.807, 2.05) is 0 Å². The summed E-state index contributed by atoms with van der Waals surface area (Å²) < 4.78 is 11.8. The van der Waals surface area contributed by atoms with Crippen LogP contribution in [0.5, 0.6) is 0 Å². The summed E-state index contributed by atoms with van der Waals surface area (Å²) >= 11 is 5.51. The molecule has 0 aliphatic heterocycles. The lowest BCUT2D eigenvalue weighted by Crippen LogP contribution is -2.03. The Balaban J connectivity index is 3.28. The molecule has 1 heterocycles. The van der Waals surface area contributed by atoms with Crippen LogP contribution in [-0.4, -0.2) is 22.9 Å². The molecule has 0 aromatic carbocycles. The molecule has 3 nitrogen and oxygen atoms in total. The molecule has 1 aromatic rings. The smallest absolute Gasteiger partial charge is 0.219 e. The van der Waals surface area contributed by atoms with Crippen molar-refractivity contribution >= 4 is 46.7 Å². The van der Waals surface area contributed by atoms with Gasteiger partial charge in [0, 0.05) is 0 Å². The molecule has 0 radical (unpaired) electrons. The highest BCUT2D eigenvalue weighted by Crippen LogP contribution is 2.34. The summed E-state index contributed by atoms with van der Waals surface area (Å²) in [6.45, 7) is 1.74. The molecule has 1 unspecified atom stereocenters. The Morgan fingerprint density at radius 2 is 2.14 bits per heavy atom. The topological polar surface area (TPSA) is 57.2 Å². The number of aldehydes is 2. The van der Waals surface area contributed by atoms with E-state index >= 15 is 0 Å². The monoisotopic (exact) mass is 250 g/mol. The van der Waals surface area contributed by atoms with Gasteiger partial charge < -0.3 is 4.55 Å². The third-order valence-electron chi connectivity index (χ3n) is 1.57. The molecule has 6 heteroatoms. The zero-order valence-corrected chi connectivity index (χ0v) is 9.67. The maximum Gasteiger partial charge on any atom is 0.219 e. The van der Waals surface area contributed by atoms with Crippen LogP contribution < -0.4 is 0 Å². The van der Waals surface area contributed by atoms with E-state index in [1.54, 1.807) is 6.92 Å². The maximum absolute atomic E-state index is 11.5. The summed E-state index contributed by atoms with van der Waals surface area (Å²) in [6, 6.07) is 0. The summed E-state index contributed by atoms with van der Waals surface area (Å²) in [5.41, 5.74) is 0.180. The van der Waals surface area contributed by atoms with Gasteiger partial charge in [-0.05, 0) is 18.1 Å². The van der Waals surface area contributed by atoms with E-state index in [-0.39, 0.29) is 15.5 Å². The summed E-state index contributed by atoms with van der Waals surface area (Å²) in [6.07, 6.45) is 1.10. The van der Waals surface area contributed by atoms with Crippen LogP contribution in [0.1, 0.15) is 27.0 Å². The average Bonchev–Trinajstić information content (AvgIpc) is 2.53. The fourth-order valence-electron chi connectivity index (χ4n) is 0.898. The molecule has 0 saturated carbocycles. The molecule has 0 saturated heterocycles. The van der Waals surface area contributed by atoms with Crippen molar-refractivity contribution in [1.82, 2.24) is 0 Å². The van der Waals surface area contributed by atoms with Crippen molar-refractivity contribution in [2.45, 2.75) is 11.1 Å². The minimum absolute atomic E-state index is 0.108. The molecule has 0 N–H and O–H groups in total. The van der Waals surface area contributed by atoms with E-state index in [1.165, 1.54) is 0 Å². The van der Waals surface area contributed by atoms with Gasteiger partial charge in [-0.3, -0.25) is 9.59 Å². The van der Waals surface area contributed by atoms with Crippen LogP contribution in [0.2, 0.25) is 5.02 Å². The lowest BCUT2D eigenvalue weighted by atomic mass is 10.3. The first kappa shape index (κ1) is 11.7. The standard InChI is InChI=1S/C8H7ClO3S2/c1-2-14(12)8-5(3-10)7(9)6(4-11)13-8/h3-4H,2H2,1H3. The highest BCUT2D eigenvalue weighted by molar-refractivity contribution is 7.93. The molecule has 0 amide bonds. The normalized spacial score (nSPS) is 12.5. The third kappa shape index (κ3) is 2.00. The molecule has 1 aromatic heterocycles. The van der Waals surface area contributed by atoms with Gasteiger partial charge in [0.05, 0.1) is 9.90 Å². The van der Waals surface area contributed by atoms with Crippen molar-refractivity contribution < 1.29 is 14.1 Å². The third-order valence-corrected chi connectivity index (χ3v) is 4.98. The molecule has 76 valence electrons. The Kier molecular flexibility index (Phi) is 4.12. The van der Waals surface area contributed by atoms with Gasteiger partial charge in [0.1, 0.15) is 11.3 Å². The largest absolute Gasteiger partial charge is 0.611 e. The molecular formula is C8H7ClO3S2. The van der Waals surface area contributed by atoms with Crippen LogP contribution in [0.15, 0.2) is 4.21 Å². The quantitative estimate of drug-likeness (QED) is 0.608. The Hall–Kier alpha value is -0.360. The first-order chi connectivity index (χ1) is 6.65. The van der Waals surface area contributed by atoms with Crippen molar-refractivity contribution in [2.24, 2.45) is 0 Å². The van der Waals surface area contributed by atoms with E-state index in [9.17, 15) is 14.1 Å². The zero-order valence-electron chi connectivity index (χ0n) is 7.28. The van der Waals surface area contributed by atoms with Crippen LogP contribution in [0.25, 0.3) is 0 Å². The molecule has 0 spiro atoms. The number of hydrogen-bond donors (Lipinski definition) is 0. The second kappa shape index (κ2) is 4.93. The van der Waals surface area contributed by atoms with Gasteiger partial charge in [0.25, 0.3) is 0 Å². The Labute approximate surface area is 93.3 Å². The molecule has 14 heavy (non-hydrogen) atoms. The number of rotatable bonds is 4. The molecule has 0 aliphatic rings. The predicted molar refractivity (Wildman–Crippen MR) is 57.1 cm³/mol. The fraction of sp³-hybridized carbons (Fsp3) is 0.250. The molecular weight excluding hydrogens is 244 g/mol. The van der Waals surface area contributed by atoms with Crippen molar-refractivity contribution in [1.29, 1.82) is 0 Å². The van der Waals surface area contributed by atoms with Gasteiger partial charge in [0.15, 0.2) is 12.6 Å². The van der Waals surface area contributed by atoms with Crippen molar-refractivity contribution in [3.05, 3.63) is 15.5 Å². The van der Waals surface area contributed by atoms with Gasteiger partial charge in [-0.15, -0.1) is 0 Å². The second-order valence-corrected chi connectivity index (χ2v) is 5.72. The van der Waals surface area contributed by atoms with Crippen molar-refractivity contribution in [3.8, 4) is 0 Å². The number of thiophene rings is 1. The van der Waals surface area contributed by atoms with E-state index in [0.29, 0.717) is 22.5 Å². The highest BCUT2D eigenvalue weighted by Gasteiger charge is 2.23. The SMILES string of the molecule is CC[S+]([O-])c1sc(C=O)c(Cl)c1C=O. The summed E-state index contributed by atoms with van der Waals surface area (Å²) in [4.78, 5) is 21.5. The lowest BCUT2D eigenvalue weighted by molar-refractivity contribution is 0.112. The summed E-state index contributed by atoms with van der Waals surface area (Å²) in [5.74, 6) is 0.399. The summed E-state index contributed by atoms with van der Waals surface area (Å²) in [7, 11) is 0. The van der Waals surface area contributed by atoms with Crippen molar-refractivity contribution in [2.75, 3.05) is 5.75 Å². The van der Waals surface area contributed by atoms with E-state index in [2.05, 4.69) is 0 Å². The second-order valence-electron chi connectivity index (χ2n) is 2.35. The van der Waals surface area contributed by atoms with Gasteiger partial charge in [-0.1, -0.05) is 22.9 Å². The Morgan fingerprint density at radius 1 is 1.50 bits per heavy atom. The van der Waals surface area contributed by atoms with Crippen LogP contribution >= 0.6 is 22.9 Å². The summed E-state index contributed by atoms with van der Waals surface area (Å²) in [5, 5.41) is 0.108. The minimum Gasteiger partial charge on any atom is -0.611 e. The van der Waals surface area contributed by atoms with Crippen LogP contribution in [0.3, 0.4) is 0 Å². The minimum atomic E-state index is -1.25. The van der Waals surface area contributed by atoms with Gasteiger partial charge in [-0.25, -0.2) is 0 Å². The number of carbonyl (C=O) groups is 2. The van der Waals surface area contributed by atoms with Gasteiger partial charge >= 0.3 is 0 Å². The Morgan fingerprint density at radius 3 is 2.57 bits per heavy atom. The number of carbonyl (C=O) groups excluding carboxylic acids is 2. The number of hydrogen-bond acceptors (Lipinski definition) is 4. The van der Waals surface area contributed by atoms with E-state index < -0.39 is 11.2 Å².